The number of nitriles is 1. The lowest BCUT2D eigenvalue weighted by atomic mass is 9.90. The van der Waals surface area contributed by atoms with Crippen LogP contribution < -0.4 is 5.32 Å². The van der Waals surface area contributed by atoms with Crippen molar-refractivity contribution in [1.82, 2.24) is 9.55 Å². The molecule has 3 heterocycles. The molecule has 0 spiro atoms. The summed E-state index contributed by atoms with van der Waals surface area (Å²) in [5.74, 6) is -1.91. The fraction of sp³-hybridized carbons (Fsp3) is 0.667. The number of esters is 2. The molecule has 2 aliphatic rings. The normalized spacial score (nSPS) is 21.8. The van der Waals surface area contributed by atoms with Gasteiger partial charge in [0.1, 0.15) is 29.7 Å². The minimum atomic E-state index is -4.53. The molecule has 1 aliphatic carbocycles. The Hall–Kier alpha value is -2.80. The van der Waals surface area contributed by atoms with Gasteiger partial charge in [0.05, 0.1) is 28.4 Å². The van der Waals surface area contributed by atoms with Crippen LogP contribution in [-0.4, -0.2) is 73.1 Å². The van der Waals surface area contributed by atoms with Crippen LogP contribution in [0.2, 0.25) is 5.15 Å². The maximum Gasteiger partial charge on any atom is 0.351 e. The molecule has 4 rings (SSSR count). The highest BCUT2D eigenvalue weighted by molar-refractivity contribution is 7.97. The fourth-order valence-corrected chi connectivity index (χ4v) is 9.42. The number of nitrogens with zero attached hydrogens (tertiary/aromatic N) is 3. The van der Waals surface area contributed by atoms with E-state index in [1.54, 1.807) is 58.4 Å². The van der Waals surface area contributed by atoms with Crippen molar-refractivity contribution in [3.63, 3.8) is 0 Å². The summed E-state index contributed by atoms with van der Waals surface area (Å²) < 4.78 is 81.8. The number of fused-ring (bicyclic) bond motifs is 1. The molecule has 0 amide bonds. The SMILES string of the molecule is CC(C)(C)C(=O)OCOP(=O)(CS(=O)(=O)C[C@@H]1CC[C@H](n2ccc3c(N[C@H]4C[C@@H](F)C4)c(C#N)c(Cl)nc32)O1)OCOC(=O)C(C)(C)C. The lowest BCUT2D eigenvalue weighted by Crippen LogP contribution is -2.36. The van der Waals surface area contributed by atoms with Crippen molar-refractivity contribution < 1.29 is 50.2 Å². The van der Waals surface area contributed by atoms with Gasteiger partial charge in [0, 0.05) is 17.6 Å². The molecule has 18 heteroatoms. The van der Waals surface area contributed by atoms with Gasteiger partial charge in [-0.3, -0.25) is 23.2 Å². The van der Waals surface area contributed by atoms with E-state index in [9.17, 15) is 32.2 Å². The number of carbonyl (C=O) groups excluding carboxylic acids is 2. The van der Waals surface area contributed by atoms with Crippen LogP contribution in [0.1, 0.15) is 79.0 Å². The van der Waals surface area contributed by atoms with E-state index in [2.05, 4.69) is 10.3 Å². The minimum absolute atomic E-state index is 0.0437. The highest BCUT2D eigenvalue weighted by Crippen LogP contribution is 2.50. The zero-order valence-corrected chi connectivity index (χ0v) is 30.1. The zero-order valence-electron chi connectivity index (χ0n) is 27.7. The zero-order chi connectivity index (χ0) is 35.7. The van der Waals surface area contributed by atoms with E-state index in [4.69, 9.17) is 34.9 Å². The van der Waals surface area contributed by atoms with E-state index in [0.29, 0.717) is 42.4 Å². The summed E-state index contributed by atoms with van der Waals surface area (Å²) in [5.41, 5.74) is -1.94. The molecular formula is C30H41ClFN4O10PS. The van der Waals surface area contributed by atoms with Crippen LogP contribution in [0.5, 0.6) is 0 Å². The molecule has 1 aliphatic heterocycles. The van der Waals surface area contributed by atoms with Crippen molar-refractivity contribution in [2.24, 2.45) is 10.8 Å². The lowest BCUT2D eigenvalue weighted by molar-refractivity contribution is -0.161. The molecule has 2 aromatic heterocycles. The van der Waals surface area contributed by atoms with E-state index < -0.39 is 83.5 Å². The summed E-state index contributed by atoms with van der Waals surface area (Å²) in [7, 11) is -8.72. The number of alkyl halides is 1. The van der Waals surface area contributed by atoms with Crippen LogP contribution in [0.4, 0.5) is 10.1 Å². The van der Waals surface area contributed by atoms with Gasteiger partial charge in [-0.1, -0.05) is 11.6 Å². The number of rotatable bonds is 13. The summed E-state index contributed by atoms with van der Waals surface area (Å²) in [6.07, 6.45) is 0.656. The first-order chi connectivity index (χ1) is 22.2. The van der Waals surface area contributed by atoms with Crippen molar-refractivity contribution in [2.45, 2.75) is 91.8 Å². The minimum Gasteiger partial charge on any atom is -0.438 e. The number of nitrogens with one attached hydrogen (secondary N) is 1. The summed E-state index contributed by atoms with van der Waals surface area (Å²) in [6.45, 7) is 7.84. The van der Waals surface area contributed by atoms with Gasteiger partial charge < -0.3 is 24.1 Å². The number of ether oxygens (including phenoxy) is 3. The first-order valence-corrected chi connectivity index (χ1v) is 19.2. The third-order valence-corrected chi connectivity index (χ3v) is 12.6. The Labute approximate surface area is 284 Å². The van der Waals surface area contributed by atoms with E-state index in [0.717, 1.165) is 0 Å². The second-order valence-electron chi connectivity index (χ2n) is 13.9. The van der Waals surface area contributed by atoms with Gasteiger partial charge in [-0.2, -0.15) is 5.26 Å². The average molecular weight is 735 g/mol. The average Bonchev–Trinajstić information content (AvgIpc) is 3.56. The van der Waals surface area contributed by atoms with Crippen LogP contribution in [0, 0.1) is 22.2 Å². The number of hydrogen-bond donors (Lipinski definition) is 1. The van der Waals surface area contributed by atoms with E-state index in [-0.39, 0.29) is 16.8 Å². The van der Waals surface area contributed by atoms with E-state index in [1.807, 2.05) is 6.07 Å². The third-order valence-electron chi connectivity index (χ3n) is 7.65. The van der Waals surface area contributed by atoms with Crippen LogP contribution in [0.15, 0.2) is 12.3 Å². The molecule has 1 saturated heterocycles. The van der Waals surface area contributed by atoms with Crippen molar-refractivity contribution in [3.05, 3.63) is 23.0 Å². The van der Waals surface area contributed by atoms with Gasteiger partial charge in [-0.15, -0.1) is 0 Å². The molecule has 1 saturated carbocycles. The predicted molar refractivity (Wildman–Crippen MR) is 173 cm³/mol. The number of pyridine rings is 1. The van der Waals surface area contributed by atoms with Crippen molar-refractivity contribution >= 4 is 57.7 Å². The summed E-state index contributed by atoms with van der Waals surface area (Å²) in [5, 5.41) is 13.4. The molecule has 0 aromatic carbocycles. The smallest absolute Gasteiger partial charge is 0.351 e. The van der Waals surface area contributed by atoms with E-state index in [1.165, 1.54) is 0 Å². The summed E-state index contributed by atoms with van der Waals surface area (Å²) in [6, 6.07) is 3.62. The van der Waals surface area contributed by atoms with Gasteiger partial charge in [-0.25, -0.2) is 17.8 Å². The highest BCUT2D eigenvalue weighted by Gasteiger charge is 2.39. The summed E-state index contributed by atoms with van der Waals surface area (Å²) >= 11 is 6.36. The largest absolute Gasteiger partial charge is 0.438 e. The molecular weight excluding hydrogens is 694 g/mol. The quantitative estimate of drug-likeness (QED) is 0.112. The van der Waals surface area contributed by atoms with Gasteiger partial charge >= 0.3 is 19.5 Å². The molecule has 266 valence electrons. The molecule has 14 nitrogen and oxygen atoms in total. The van der Waals surface area contributed by atoms with Gasteiger partial charge in [0.2, 0.25) is 13.6 Å². The second-order valence-corrected chi connectivity index (χ2v) is 18.9. The van der Waals surface area contributed by atoms with Crippen LogP contribution in [0.25, 0.3) is 11.0 Å². The first kappa shape index (κ1) is 38.0. The van der Waals surface area contributed by atoms with Crippen LogP contribution in [-0.2, 0) is 47.2 Å². The Bertz CT molecular complexity index is 1690. The molecule has 0 bridgehead atoms. The van der Waals surface area contributed by atoms with Crippen molar-refractivity contribution in [3.8, 4) is 6.07 Å². The Balaban J connectivity index is 1.45. The number of sulfone groups is 1. The third kappa shape index (κ3) is 9.46. The molecule has 48 heavy (non-hydrogen) atoms. The van der Waals surface area contributed by atoms with Crippen molar-refractivity contribution in [2.75, 3.05) is 30.1 Å². The standard InChI is InChI=1S/C30H41ClFN4O10PS/c1-29(2,3)27(37)42-15-44-47(39,45-16-43-28(38)30(4,5)6)17-48(40,41)14-20-7-8-23(46-20)36-10-9-21-24(34-19-11-18(32)12-19)22(13-33)25(31)35-26(21)36/h9-10,18-20,23H,7-8,11-12,14-17H2,1-6H3,(H,34,35)/t18-,19+,20-,23+/m0/s1. The Kier molecular flexibility index (Phi) is 11.6. The van der Waals surface area contributed by atoms with Crippen LogP contribution in [0.3, 0.4) is 0 Å². The monoisotopic (exact) mass is 734 g/mol. The van der Waals surface area contributed by atoms with Gasteiger partial charge in [0.25, 0.3) is 0 Å². The Morgan fingerprint density at radius 1 is 1.12 bits per heavy atom. The number of carbonyl (C=O) groups is 2. The number of hydrogen-bond acceptors (Lipinski definition) is 13. The fourth-order valence-electron chi connectivity index (χ4n) is 4.95. The maximum atomic E-state index is 13.6. The number of aromatic nitrogens is 2. The van der Waals surface area contributed by atoms with Gasteiger partial charge in [-0.05, 0) is 73.3 Å². The van der Waals surface area contributed by atoms with Crippen molar-refractivity contribution in [1.29, 1.82) is 5.26 Å². The van der Waals surface area contributed by atoms with E-state index >= 15 is 0 Å². The summed E-state index contributed by atoms with van der Waals surface area (Å²) in [4.78, 5) is 28.7. The first-order valence-electron chi connectivity index (χ1n) is 15.3. The van der Waals surface area contributed by atoms with Crippen LogP contribution >= 0.6 is 19.2 Å². The lowest BCUT2D eigenvalue weighted by Gasteiger charge is -2.31. The maximum absolute atomic E-state index is 13.6. The number of halogens is 2. The molecule has 2 fully saturated rings. The van der Waals surface area contributed by atoms with Gasteiger partial charge in [0.15, 0.2) is 20.5 Å². The second kappa shape index (κ2) is 14.6. The molecule has 2 aromatic rings. The Morgan fingerprint density at radius 2 is 1.71 bits per heavy atom. The topological polar surface area (TPSA) is 185 Å². The molecule has 1 N–H and O–H groups in total. The molecule has 2 atom stereocenters. The molecule has 0 unspecified atom stereocenters. The highest BCUT2D eigenvalue weighted by atomic mass is 35.5. The Morgan fingerprint density at radius 3 is 2.23 bits per heavy atom. The predicted octanol–water partition coefficient (Wildman–Crippen LogP) is 5.84. The number of anilines is 1. The molecule has 0 radical (unpaired) electrons.